The Balaban J connectivity index is 1.54. The van der Waals surface area contributed by atoms with Crippen molar-refractivity contribution in [2.75, 3.05) is 6.61 Å². The number of carbonyl (C=O) groups is 2. The number of halogens is 1. The summed E-state index contributed by atoms with van der Waals surface area (Å²) >= 11 is 8.57. The molecule has 3 aromatic rings. The van der Waals surface area contributed by atoms with Crippen LogP contribution in [-0.2, 0) is 9.59 Å². The van der Waals surface area contributed by atoms with Crippen LogP contribution in [0, 0.1) is 6.92 Å². The lowest BCUT2D eigenvalue weighted by atomic mass is 9.90. The first-order chi connectivity index (χ1) is 15.4. The first kappa shape index (κ1) is 23.4. The Bertz CT molecular complexity index is 1050. The lowest BCUT2D eigenvalue weighted by molar-refractivity contribution is -0.124. The maximum absolute atomic E-state index is 13.0. The largest absolute Gasteiger partial charge is 0.483 e. The van der Waals surface area contributed by atoms with Crippen molar-refractivity contribution in [1.29, 1.82) is 0 Å². The van der Waals surface area contributed by atoms with Gasteiger partial charge in [-0.05, 0) is 63.9 Å². The van der Waals surface area contributed by atoms with Gasteiger partial charge in [0.2, 0.25) is 5.91 Å². The summed E-state index contributed by atoms with van der Waals surface area (Å²) < 4.78 is 6.25. The molecule has 6 nitrogen and oxygen atoms in total. The highest BCUT2D eigenvalue weighted by molar-refractivity contribution is 9.10. The highest BCUT2D eigenvalue weighted by Crippen LogP contribution is 2.26. The summed E-state index contributed by atoms with van der Waals surface area (Å²) in [6.07, 6.45) is 0. The number of amides is 2. The van der Waals surface area contributed by atoms with Crippen molar-refractivity contribution in [3.8, 4) is 5.75 Å². The van der Waals surface area contributed by atoms with E-state index in [1.807, 2.05) is 79.7 Å². The number of hydrogen-bond donors (Lipinski definition) is 3. The van der Waals surface area contributed by atoms with Crippen molar-refractivity contribution >= 4 is 45.1 Å². The number of carbonyl (C=O) groups excluding carboxylic acids is 2. The van der Waals surface area contributed by atoms with Crippen molar-refractivity contribution in [3.63, 3.8) is 0 Å². The van der Waals surface area contributed by atoms with Gasteiger partial charge in [-0.15, -0.1) is 0 Å². The molecule has 3 rings (SSSR count). The zero-order valence-corrected chi connectivity index (χ0v) is 19.7. The van der Waals surface area contributed by atoms with Crippen molar-refractivity contribution < 1.29 is 14.3 Å². The van der Waals surface area contributed by atoms with Gasteiger partial charge < -0.3 is 10.1 Å². The summed E-state index contributed by atoms with van der Waals surface area (Å²) in [6.45, 7) is 1.74. The molecule has 32 heavy (non-hydrogen) atoms. The van der Waals surface area contributed by atoms with E-state index in [1.54, 1.807) is 6.07 Å². The van der Waals surface area contributed by atoms with Crippen molar-refractivity contribution in [2.24, 2.45) is 0 Å². The van der Waals surface area contributed by atoms with Crippen LogP contribution in [0.15, 0.2) is 83.3 Å². The van der Waals surface area contributed by atoms with Crippen LogP contribution in [0.3, 0.4) is 0 Å². The van der Waals surface area contributed by atoms with Gasteiger partial charge in [-0.1, -0.05) is 66.7 Å². The van der Waals surface area contributed by atoms with E-state index in [1.165, 1.54) is 0 Å². The second-order valence-corrected chi connectivity index (χ2v) is 8.23. The molecule has 3 N–H and O–H groups in total. The minimum Gasteiger partial charge on any atom is -0.483 e. The standard InChI is InChI=1S/C24H22BrN3O3S/c1-16-12-13-20(19(25)14-16)31-15-21(29)27-28-24(32)26-23(30)22(17-8-4-2-5-9-17)18-10-6-3-7-11-18/h2-14,22H,15H2,1H3,(H,27,29)(H2,26,28,30,32). The maximum atomic E-state index is 13.0. The van der Waals surface area contributed by atoms with E-state index in [2.05, 4.69) is 32.1 Å². The number of aryl methyl sites for hydroxylation is 1. The minimum atomic E-state index is -0.546. The third-order valence-corrected chi connectivity index (χ3v) is 5.35. The van der Waals surface area contributed by atoms with Gasteiger partial charge in [0.05, 0.1) is 10.4 Å². The highest BCUT2D eigenvalue weighted by atomic mass is 79.9. The predicted octanol–water partition coefficient (Wildman–Crippen LogP) is 3.99. The fraction of sp³-hybridized carbons (Fsp3) is 0.125. The molecule has 0 aliphatic rings. The average Bonchev–Trinajstić information content (AvgIpc) is 2.79. The molecule has 0 aromatic heterocycles. The zero-order valence-electron chi connectivity index (χ0n) is 17.3. The Hall–Kier alpha value is -3.23. The van der Waals surface area contributed by atoms with E-state index in [-0.39, 0.29) is 17.6 Å². The van der Waals surface area contributed by atoms with Crippen molar-refractivity contribution in [3.05, 3.63) is 100 Å². The monoisotopic (exact) mass is 511 g/mol. The second kappa shape index (κ2) is 11.4. The predicted molar refractivity (Wildman–Crippen MR) is 131 cm³/mol. The van der Waals surface area contributed by atoms with Crippen molar-refractivity contribution in [2.45, 2.75) is 12.8 Å². The molecule has 0 heterocycles. The number of ether oxygens (including phenoxy) is 1. The van der Waals surface area contributed by atoms with Crippen LogP contribution in [-0.4, -0.2) is 23.5 Å². The van der Waals surface area contributed by atoms with E-state index < -0.39 is 11.8 Å². The van der Waals surface area contributed by atoms with Gasteiger partial charge in [-0.2, -0.15) is 0 Å². The molecule has 0 unspecified atom stereocenters. The average molecular weight is 512 g/mol. The third-order valence-electron chi connectivity index (χ3n) is 4.53. The quantitative estimate of drug-likeness (QED) is 0.344. The van der Waals surface area contributed by atoms with Crippen LogP contribution < -0.4 is 20.9 Å². The molecule has 0 fully saturated rings. The van der Waals surface area contributed by atoms with E-state index >= 15 is 0 Å². The number of hydrazine groups is 1. The van der Waals surface area contributed by atoms with Crippen LogP contribution in [0.2, 0.25) is 0 Å². The number of benzene rings is 3. The number of hydrogen-bond acceptors (Lipinski definition) is 4. The molecular weight excluding hydrogens is 490 g/mol. The summed E-state index contributed by atoms with van der Waals surface area (Å²) in [5, 5.41) is 2.62. The molecule has 0 saturated heterocycles. The number of rotatable bonds is 6. The van der Waals surface area contributed by atoms with Crippen LogP contribution in [0.5, 0.6) is 5.75 Å². The summed E-state index contributed by atoms with van der Waals surface area (Å²) in [6, 6.07) is 24.4. The van der Waals surface area contributed by atoms with Crippen LogP contribution in [0.1, 0.15) is 22.6 Å². The summed E-state index contributed by atoms with van der Waals surface area (Å²) in [4.78, 5) is 25.1. The minimum absolute atomic E-state index is 0.0169. The van der Waals surface area contributed by atoms with Gasteiger partial charge in [-0.25, -0.2) is 0 Å². The maximum Gasteiger partial charge on any atom is 0.276 e. The smallest absolute Gasteiger partial charge is 0.276 e. The molecule has 0 spiro atoms. The Morgan fingerprint density at radius 2 is 1.53 bits per heavy atom. The van der Waals surface area contributed by atoms with Crippen LogP contribution in [0.25, 0.3) is 0 Å². The molecule has 3 aromatic carbocycles. The SMILES string of the molecule is Cc1ccc(OCC(=O)NNC(=S)NC(=O)C(c2ccccc2)c2ccccc2)c(Br)c1. The Morgan fingerprint density at radius 1 is 0.938 bits per heavy atom. The lowest BCUT2D eigenvalue weighted by Gasteiger charge is -2.19. The Morgan fingerprint density at radius 3 is 2.09 bits per heavy atom. The molecule has 0 radical (unpaired) electrons. The topological polar surface area (TPSA) is 79.5 Å². The first-order valence-electron chi connectivity index (χ1n) is 9.82. The van der Waals surface area contributed by atoms with Gasteiger partial charge >= 0.3 is 0 Å². The molecule has 0 atom stereocenters. The Labute approximate surface area is 200 Å². The fourth-order valence-electron chi connectivity index (χ4n) is 3.03. The van der Waals surface area contributed by atoms with Gasteiger partial charge in [0.25, 0.3) is 5.91 Å². The first-order valence-corrected chi connectivity index (χ1v) is 11.0. The molecular formula is C24H22BrN3O3S. The van der Waals surface area contributed by atoms with E-state index in [0.29, 0.717) is 5.75 Å². The summed E-state index contributed by atoms with van der Waals surface area (Å²) in [5.74, 6) is -0.754. The molecule has 8 heteroatoms. The van der Waals surface area contributed by atoms with Crippen LogP contribution in [0.4, 0.5) is 0 Å². The normalized spacial score (nSPS) is 10.3. The second-order valence-electron chi connectivity index (χ2n) is 6.97. The van der Waals surface area contributed by atoms with E-state index in [4.69, 9.17) is 17.0 Å². The number of thiocarbonyl (C=S) groups is 1. The van der Waals surface area contributed by atoms with E-state index in [0.717, 1.165) is 21.2 Å². The molecule has 0 bridgehead atoms. The molecule has 0 saturated carbocycles. The summed E-state index contributed by atoms with van der Waals surface area (Å²) in [7, 11) is 0. The lowest BCUT2D eigenvalue weighted by Crippen LogP contribution is -2.50. The van der Waals surface area contributed by atoms with Gasteiger partial charge in [-0.3, -0.25) is 20.4 Å². The summed E-state index contributed by atoms with van der Waals surface area (Å²) in [5.41, 5.74) is 7.70. The Kier molecular flexibility index (Phi) is 8.35. The van der Waals surface area contributed by atoms with Gasteiger partial charge in [0.1, 0.15) is 5.75 Å². The zero-order chi connectivity index (χ0) is 22.9. The molecule has 0 aliphatic carbocycles. The van der Waals surface area contributed by atoms with Crippen molar-refractivity contribution in [1.82, 2.24) is 16.2 Å². The molecule has 164 valence electrons. The molecule has 0 aliphatic heterocycles. The number of nitrogens with one attached hydrogen (secondary N) is 3. The van der Waals surface area contributed by atoms with Gasteiger partial charge in [0.15, 0.2) is 11.7 Å². The highest BCUT2D eigenvalue weighted by Gasteiger charge is 2.23. The van der Waals surface area contributed by atoms with E-state index in [9.17, 15) is 9.59 Å². The fourth-order valence-corrected chi connectivity index (χ4v) is 3.79. The van der Waals surface area contributed by atoms with Crippen LogP contribution >= 0.6 is 28.1 Å². The molecule has 2 amide bonds. The third kappa shape index (κ3) is 6.63. The van der Waals surface area contributed by atoms with Gasteiger partial charge in [0, 0.05) is 0 Å².